The van der Waals surface area contributed by atoms with E-state index in [1.54, 1.807) is 6.92 Å². The van der Waals surface area contributed by atoms with Gasteiger partial charge in [-0.05, 0) is 12.8 Å². The van der Waals surface area contributed by atoms with Crippen LogP contribution in [0, 0.1) is 0 Å². The van der Waals surface area contributed by atoms with Crippen molar-refractivity contribution in [3.8, 4) is 0 Å². The molecule has 0 aromatic carbocycles. The highest BCUT2D eigenvalue weighted by Gasteiger charge is 2.44. The van der Waals surface area contributed by atoms with Gasteiger partial charge in [0.05, 0.1) is 30.3 Å². The number of thiocarbonyl (C=S) groups is 1. The van der Waals surface area contributed by atoms with Crippen molar-refractivity contribution in [2.75, 3.05) is 13.2 Å². The molecular weight excluding hydrogens is 354 g/mol. The monoisotopic (exact) mass is 383 g/mol. The van der Waals surface area contributed by atoms with E-state index in [4.69, 9.17) is 26.8 Å². The quantitative estimate of drug-likeness (QED) is 0.215. The Balaban J connectivity index is 2.75. The third kappa shape index (κ3) is 6.05. The van der Waals surface area contributed by atoms with Crippen molar-refractivity contribution in [2.24, 2.45) is 0 Å². The molecule has 0 aromatic rings. The zero-order chi connectivity index (χ0) is 19.1. The Kier molecular flexibility index (Phi) is 9.64. The number of aliphatic hydroxyl groups is 6. The van der Waals surface area contributed by atoms with Gasteiger partial charge in [0, 0.05) is 0 Å². The Morgan fingerprint density at radius 3 is 2.32 bits per heavy atom. The standard InChI is InChI=1S/C15H29NO8S/c1-3-8(18)11(19)7(16-10(25)4-2)6-23-15-14(22)13(21)12(20)9(5-17)24-15/h7-9,11-15,17-22H,3-6H2,1-2H3,(H,16,25)/t7-,8+,9?,11-,12?,13?,14?,15?/m0/s1. The maximum Gasteiger partial charge on any atom is 0.186 e. The molecule has 1 fully saturated rings. The first-order chi connectivity index (χ1) is 11.8. The van der Waals surface area contributed by atoms with Crippen molar-refractivity contribution in [1.29, 1.82) is 0 Å². The maximum absolute atomic E-state index is 10.2. The van der Waals surface area contributed by atoms with Gasteiger partial charge in [-0.2, -0.15) is 0 Å². The highest BCUT2D eigenvalue weighted by atomic mass is 32.1. The van der Waals surface area contributed by atoms with E-state index in [2.05, 4.69) is 5.32 Å². The van der Waals surface area contributed by atoms with Crippen LogP contribution in [0.3, 0.4) is 0 Å². The second-order valence-electron chi connectivity index (χ2n) is 6.02. The zero-order valence-electron chi connectivity index (χ0n) is 14.4. The average Bonchev–Trinajstić information content (AvgIpc) is 2.62. The van der Waals surface area contributed by atoms with Gasteiger partial charge in [0.15, 0.2) is 6.29 Å². The van der Waals surface area contributed by atoms with Crippen molar-refractivity contribution < 1.29 is 40.1 Å². The third-order valence-electron chi connectivity index (χ3n) is 4.18. The molecule has 9 nitrogen and oxygen atoms in total. The molecule has 1 aliphatic rings. The lowest BCUT2D eigenvalue weighted by Gasteiger charge is -2.40. The van der Waals surface area contributed by atoms with Crippen molar-refractivity contribution in [1.82, 2.24) is 5.32 Å². The molecule has 0 aromatic heterocycles. The molecule has 0 spiro atoms. The molecule has 1 heterocycles. The highest BCUT2D eigenvalue weighted by molar-refractivity contribution is 7.80. The van der Waals surface area contributed by atoms with Crippen LogP contribution in [0.4, 0.5) is 0 Å². The van der Waals surface area contributed by atoms with Crippen molar-refractivity contribution in [3.05, 3.63) is 0 Å². The molecule has 0 radical (unpaired) electrons. The SMILES string of the molecule is CCC(=S)N[C@@H](COC1OC(CO)C(O)C(O)C1O)[C@H](O)[C@H](O)CC. The van der Waals surface area contributed by atoms with Gasteiger partial charge in [-0.15, -0.1) is 0 Å². The summed E-state index contributed by atoms with van der Waals surface area (Å²) >= 11 is 5.09. The van der Waals surface area contributed by atoms with Crippen molar-refractivity contribution >= 4 is 17.2 Å². The van der Waals surface area contributed by atoms with Gasteiger partial charge in [0.25, 0.3) is 0 Å². The lowest BCUT2D eigenvalue weighted by Crippen LogP contribution is -2.60. The van der Waals surface area contributed by atoms with Crippen LogP contribution in [0.2, 0.25) is 0 Å². The minimum Gasteiger partial charge on any atom is -0.394 e. The molecule has 148 valence electrons. The van der Waals surface area contributed by atoms with Crippen LogP contribution in [0.15, 0.2) is 0 Å². The lowest BCUT2D eigenvalue weighted by molar-refractivity contribution is -0.303. The van der Waals surface area contributed by atoms with Crippen LogP contribution in [0.5, 0.6) is 0 Å². The first-order valence-corrected chi connectivity index (χ1v) is 8.75. The average molecular weight is 383 g/mol. The van der Waals surface area contributed by atoms with Gasteiger partial charge < -0.3 is 45.4 Å². The smallest absolute Gasteiger partial charge is 0.186 e. The number of rotatable bonds is 9. The van der Waals surface area contributed by atoms with Gasteiger partial charge >= 0.3 is 0 Å². The van der Waals surface area contributed by atoms with Crippen LogP contribution >= 0.6 is 12.2 Å². The number of hydrogen-bond donors (Lipinski definition) is 7. The van der Waals surface area contributed by atoms with Crippen LogP contribution in [-0.4, -0.2) is 97.8 Å². The fourth-order valence-corrected chi connectivity index (χ4v) is 2.60. The molecule has 5 unspecified atom stereocenters. The lowest BCUT2D eigenvalue weighted by atomic mass is 9.99. The minimum atomic E-state index is -1.55. The van der Waals surface area contributed by atoms with Crippen LogP contribution < -0.4 is 5.32 Å². The molecule has 1 saturated heterocycles. The second-order valence-corrected chi connectivity index (χ2v) is 6.52. The predicted octanol–water partition coefficient (Wildman–Crippen LogP) is -2.37. The Morgan fingerprint density at radius 2 is 1.80 bits per heavy atom. The molecule has 25 heavy (non-hydrogen) atoms. The zero-order valence-corrected chi connectivity index (χ0v) is 15.2. The molecule has 0 amide bonds. The normalized spacial score (nSPS) is 33.5. The fraction of sp³-hybridized carbons (Fsp3) is 0.933. The van der Waals surface area contributed by atoms with Crippen LogP contribution in [0.25, 0.3) is 0 Å². The first-order valence-electron chi connectivity index (χ1n) is 8.34. The third-order valence-corrected chi connectivity index (χ3v) is 4.59. The summed E-state index contributed by atoms with van der Waals surface area (Å²) in [5.41, 5.74) is 0. The summed E-state index contributed by atoms with van der Waals surface area (Å²) in [5.74, 6) is 0. The van der Waals surface area contributed by atoms with E-state index in [9.17, 15) is 25.5 Å². The van der Waals surface area contributed by atoms with E-state index in [0.717, 1.165) is 0 Å². The topological polar surface area (TPSA) is 152 Å². The number of hydrogen-bond acceptors (Lipinski definition) is 9. The van der Waals surface area contributed by atoms with Gasteiger partial charge in [-0.25, -0.2) is 0 Å². The first kappa shape index (κ1) is 22.6. The van der Waals surface area contributed by atoms with E-state index >= 15 is 0 Å². The summed E-state index contributed by atoms with van der Waals surface area (Å²) < 4.78 is 10.7. The molecule has 0 saturated carbocycles. The summed E-state index contributed by atoms with van der Waals surface area (Å²) in [4.78, 5) is 0.463. The summed E-state index contributed by atoms with van der Waals surface area (Å²) in [7, 11) is 0. The molecule has 0 bridgehead atoms. The summed E-state index contributed by atoms with van der Waals surface area (Å²) in [5, 5.41) is 61.6. The van der Waals surface area contributed by atoms with Gasteiger partial charge in [-0.1, -0.05) is 26.1 Å². The van der Waals surface area contributed by atoms with E-state index in [-0.39, 0.29) is 6.61 Å². The Labute approximate surface area is 152 Å². The van der Waals surface area contributed by atoms with Crippen molar-refractivity contribution in [2.45, 2.75) is 75.6 Å². The molecule has 10 heteroatoms. The van der Waals surface area contributed by atoms with E-state index in [1.807, 2.05) is 6.92 Å². The van der Waals surface area contributed by atoms with E-state index in [1.165, 1.54) is 0 Å². The van der Waals surface area contributed by atoms with Crippen molar-refractivity contribution in [3.63, 3.8) is 0 Å². The summed E-state index contributed by atoms with van der Waals surface area (Å²) in [6, 6.07) is -0.769. The largest absolute Gasteiger partial charge is 0.394 e. The van der Waals surface area contributed by atoms with E-state index < -0.39 is 55.6 Å². The fourth-order valence-electron chi connectivity index (χ4n) is 2.45. The predicted molar refractivity (Wildman–Crippen MR) is 91.8 cm³/mol. The molecule has 7 N–H and O–H groups in total. The summed E-state index contributed by atoms with van der Waals surface area (Å²) in [6.07, 6.45) is -8.31. The second kappa shape index (κ2) is 10.7. The van der Waals surface area contributed by atoms with E-state index in [0.29, 0.717) is 17.8 Å². The molecule has 8 atom stereocenters. The molecule has 0 aliphatic carbocycles. The molecule has 1 aliphatic heterocycles. The number of ether oxygens (including phenoxy) is 2. The van der Waals surface area contributed by atoms with Gasteiger partial charge in [0.1, 0.15) is 30.5 Å². The minimum absolute atomic E-state index is 0.193. The number of nitrogens with one attached hydrogen (secondary N) is 1. The Hall–Kier alpha value is -0.430. The number of aliphatic hydroxyl groups excluding tert-OH is 6. The summed E-state index contributed by atoms with van der Waals surface area (Å²) in [6.45, 7) is 2.78. The highest BCUT2D eigenvalue weighted by Crippen LogP contribution is 2.22. The Bertz CT molecular complexity index is 413. The molecular formula is C15H29NO8S. The van der Waals surface area contributed by atoms with Crippen LogP contribution in [0.1, 0.15) is 26.7 Å². The maximum atomic E-state index is 10.2. The van der Waals surface area contributed by atoms with Crippen LogP contribution in [-0.2, 0) is 9.47 Å². The Morgan fingerprint density at radius 1 is 1.16 bits per heavy atom. The van der Waals surface area contributed by atoms with Gasteiger partial charge in [-0.3, -0.25) is 0 Å². The van der Waals surface area contributed by atoms with Gasteiger partial charge in [0.2, 0.25) is 0 Å². The molecule has 1 rings (SSSR count).